The van der Waals surface area contributed by atoms with Gasteiger partial charge in [-0.1, -0.05) is 35.4 Å². The van der Waals surface area contributed by atoms with Gasteiger partial charge in [-0.15, -0.1) is 24.8 Å². The Bertz CT molecular complexity index is 1060. The fourth-order valence-electron chi connectivity index (χ4n) is 2.83. The van der Waals surface area contributed by atoms with Crippen molar-refractivity contribution >= 4 is 24.8 Å². The molecule has 0 saturated carbocycles. The molecule has 4 aromatic rings. The molecule has 0 aliphatic rings. The van der Waals surface area contributed by atoms with E-state index in [4.69, 9.17) is 9.47 Å². The summed E-state index contributed by atoms with van der Waals surface area (Å²) in [4.78, 5) is 4.12. The van der Waals surface area contributed by atoms with Crippen LogP contribution in [0.25, 0.3) is 5.69 Å². The van der Waals surface area contributed by atoms with Crippen molar-refractivity contribution in [3.63, 3.8) is 0 Å². The molecule has 2 heterocycles. The number of hydrogen-bond acceptors (Lipinski definition) is 7. The van der Waals surface area contributed by atoms with E-state index < -0.39 is 0 Å². The highest BCUT2D eigenvalue weighted by atomic mass is 35.5. The first kappa shape index (κ1) is 24.1. The minimum Gasteiger partial charge on any atom is -0.493 e. The summed E-state index contributed by atoms with van der Waals surface area (Å²) in [7, 11) is 1.61. The fraction of sp³-hybridized carbons (Fsp3) is 0.143. The number of pyridine rings is 1. The maximum Gasteiger partial charge on any atom is 0.346 e. The molecule has 4 rings (SSSR count). The SMILES string of the molecule is COc1cc(CNCc2cccnc2)ccc1Oc1nnnn1-c1ccccc1.Cl.Cl. The molecule has 0 spiro atoms. The highest BCUT2D eigenvalue weighted by Crippen LogP contribution is 2.32. The first-order chi connectivity index (χ1) is 14.3. The van der Waals surface area contributed by atoms with E-state index in [-0.39, 0.29) is 30.8 Å². The third-order valence-corrected chi connectivity index (χ3v) is 4.25. The molecule has 2 aromatic heterocycles. The standard InChI is InChI=1S/C21H20N6O2.2ClH/c1-28-20-12-16(13-23-15-17-6-5-11-22-14-17)9-10-19(20)29-21-24-25-26-27(21)18-7-3-2-4-8-18;;/h2-12,14,23H,13,15H2,1H3;2*1H. The number of nitrogens with zero attached hydrogens (tertiary/aromatic N) is 5. The van der Waals surface area contributed by atoms with Crippen LogP contribution in [0.2, 0.25) is 0 Å². The lowest BCUT2D eigenvalue weighted by Gasteiger charge is -2.12. The van der Waals surface area contributed by atoms with Crippen molar-refractivity contribution in [2.75, 3.05) is 7.11 Å². The Balaban J connectivity index is 0.00000171. The van der Waals surface area contributed by atoms with Crippen LogP contribution in [0, 0.1) is 0 Å². The lowest BCUT2D eigenvalue weighted by Crippen LogP contribution is -2.12. The van der Waals surface area contributed by atoms with Crippen LogP contribution in [0.1, 0.15) is 11.1 Å². The number of ether oxygens (including phenoxy) is 2. The van der Waals surface area contributed by atoms with Gasteiger partial charge >= 0.3 is 6.01 Å². The van der Waals surface area contributed by atoms with Gasteiger partial charge in [0.25, 0.3) is 0 Å². The van der Waals surface area contributed by atoms with Crippen LogP contribution in [-0.4, -0.2) is 32.3 Å². The Hall–Kier alpha value is -3.20. The van der Waals surface area contributed by atoms with Crippen molar-refractivity contribution in [1.29, 1.82) is 0 Å². The number of methoxy groups -OCH3 is 1. The summed E-state index contributed by atoms with van der Waals surface area (Å²) in [6.07, 6.45) is 3.61. The molecule has 0 saturated heterocycles. The molecule has 0 bridgehead atoms. The molecule has 0 aliphatic carbocycles. The molecule has 10 heteroatoms. The van der Waals surface area contributed by atoms with Crippen molar-refractivity contribution in [3.05, 3.63) is 84.2 Å². The highest BCUT2D eigenvalue weighted by molar-refractivity contribution is 5.85. The number of tetrazole rings is 1. The van der Waals surface area contributed by atoms with Gasteiger partial charge in [0.05, 0.1) is 12.8 Å². The summed E-state index contributed by atoms with van der Waals surface area (Å²) in [6, 6.07) is 19.5. The largest absolute Gasteiger partial charge is 0.493 e. The Labute approximate surface area is 192 Å². The lowest BCUT2D eigenvalue weighted by molar-refractivity contribution is 0.362. The number of aromatic nitrogens is 5. The number of nitrogens with one attached hydrogen (secondary N) is 1. The molecule has 0 radical (unpaired) electrons. The second-order valence-electron chi connectivity index (χ2n) is 6.26. The second-order valence-corrected chi connectivity index (χ2v) is 6.26. The molecular formula is C21H22Cl2N6O2. The lowest BCUT2D eigenvalue weighted by atomic mass is 10.2. The molecule has 0 unspecified atom stereocenters. The van der Waals surface area contributed by atoms with E-state index in [2.05, 4.69) is 25.8 Å². The molecule has 8 nitrogen and oxygen atoms in total. The van der Waals surface area contributed by atoms with Crippen LogP contribution in [0.4, 0.5) is 0 Å². The number of benzene rings is 2. The minimum absolute atomic E-state index is 0. The van der Waals surface area contributed by atoms with Gasteiger partial charge in [0.1, 0.15) is 0 Å². The number of halogens is 2. The zero-order valence-corrected chi connectivity index (χ0v) is 18.3. The van der Waals surface area contributed by atoms with Gasteiger partial charge in [-0.2, -0.15) is 4.68 Å². The summed E-state index contributed by atoms with van der Waals surface area (Å²) >= 11 is 0. The summed E-state index contributed by atoms with van der Waals surface area (Å²) in [5.41, 5.74) is 3.01. The Morgan fingerprint density at radius 3 is 2.45 bits per heavy atom. The van der Waals surface area contributed by atoms with Crippen LogP contribution in [0.3, 0.4) is 0 Å². The predicted molar refractivity (Wildman–Crippen MR) is 121 cm³/mol. The average molecular weight is 461 g/mol. The Kier molecular flexibility index (Phi) is 9.20. The zero-order valence-electron chi connectivity index (χ0n) is 16.7. The first-order valence-electron chi connectivity index (χ1n) is 9.11. The smallest absolute Gasteiger partial charge is 0.346 e. The van der Waals surface area contributed by atoms with Gasteiger partial charge in [-0.25, -0.2) is 0 Å². The first-order valence-corrected chi connectivity index (χ1v) is 9.11. The normalized spacial score (nSPS) is 9.97. The van der Waals surface area contributed by atoms with E-state index in [1.807, 2.05) is 66.9 Å². The third-order valence-electron chi connectivity index (χ3n) is 4.25. The van der Waals surface area contributed by atoms with Crippen molar-refractivity contribution in [1.82, 2.24) is 30.5 Å². The molecular weight excluding hydrogens is 439 g/mol. The van der Waals surface area contributed by atoms with E-state index in [0.29, 0.717) is 18.0 Å². The molecule has 0 atom stereocenters. The van der Waals surface area contributed by atoms with Crippen LogP contribution in [0.15, 0.2) is 73.1 Å². The zero-order chi connectivity index (χ0) is 19.9. The average Bonchev–Trinajstić information content (AvgIpc) is 3.24. The minimum atomic E-state index is 0. The summed E-state index contributed by atoms with van der Waals surface area (Å²) in [5, 5.41) is 15.1. The highest BCUT2D eigenvalue weighted by Gasteiger charge is 2.14. The molecule has 0 amide bonds. The van der Waals surface area contributed by atoms with Crippen LogP contribution >= 0.6 is 24.8 Å². The number of hydrogen-bond donors (Lipinski definition) is 1. The van der Waals surface area contributed by atoms with E-state index in [1.54, 1.807) is 13.3 Å². The summed E-state index contributed by atoms with van der Waals surface area (Å²) in [5.74, 6) is 1.14. The van der Waals surface area contributed by atoms with Crippen LogP contribution in [-0.2, 0) is 13.1 Å². The van der Waals surface area contributed by atoms with Gasteiger partial charge < -0.3 is 14.8 Å². The monoisotopic (exact) mass is 460 g/mol. The van der Waals surface area contributed by atoms with Gasteiger partial charge in [0.15, 0.2) is 11.5 Å². The molecule has 0 fully saturated rings. The van der Waals surface area contributed by atoms with Crippen molar-refractivity contribution in [2.24, 2.45) is 0 Å². The quantitative estimate of drug-likeness (QED) is 0.425. The summed E-state index contributed by atoms with van der Waals surface area (Å²) < 4.78 is 13.0. The second kappa shape index (κ2) is 11.8. The molecule has 2 aromatic carbocycles. The molecule has 31 heavy (non-hydrogen) atoms. The van der Waals surface area contributed by atoms with Gasteiger partial charge in [0, 0.05) is 25.5 Å². The Morgan fingerprint density at radius 2 is 1.71 bits per heavy atom. The van der Waals surface area contributed by atoms with E-state index in [1.165, 1.54) is 4.68 Å². The van der Waals surface area contributed by atoms with Crippen LogP contribution in [0.5, 0.6) is 17.5 Å². The summed E-state index contributed by atoms with van der Waals surface area (Å²) in [6.45, 7) is 1.42. The fourth-order valence-corrected chi connectivity index (χ4v) is 2.83. The number of rotatable bonds is 8. The van der Waals surface area contributed by atoms with E-state index in [9.17, 15) is 0 Å². The van der Waals surface area contributed by atoms with E-state index in [0.717, 1.165) is 23.4 Å². The predicted octanol–water partition coefficient (Wildman–Crippen LogP) is 3.99. The van der Waals surface area contributed by atoms with Gasteiger partial charge in [-0.05, 0) is 51.9 Å². The van der Waals surface area contributed by atoms with E-state index >= 15 is 0 Å². The van der Waals surface area contributed by atoms with Gasteiger partial charge in [0.2, 0.25) is 0 Å². The Morgan fingerprint density at radius 1 is 0.903 bits per heavy atom. The van der Waals surface area contributed by atoms with Crippen LogP contribution < -0.4 is 14.8 Å². The molecule has 0 aliphatic heterocycles. The van der Waals surface area contributed by atoms with Gasteiger partial charge in [-0.3, -0.25) is 4.98 Å². The van der Waals surface area contributed by atoms with Crippen molar-refractivity contribution in [3.8, 4) is 23.2 Å². The molecule has 1 N–H and O–H groups in total. The number of para-hydroxylation sites is 1. The maximum atomic E-state index is 5.93. The molecule has 162 valence electrons. The van der Waals surface area contributed by atoms with Crippen molar-refractivity contribution in [2.45, 2.75) is 13.1 Å². The van der Waals surface area contributed by atoms with Crippen molar-refractivity contribution < 1.29 is 9.47 Å². The topological polar surface area (TPSA) is 87.0 Å². The third kappa shape index (κ3) is 6.14. The maximum absolute atomic E-state index is 5.93.